The Hall–Kier alpha value is -1.73. The van der Waals surface area contributed by atoms with E-state index in [1.807, 2.05) is 5.38 Å². The molecular formula is C20H26N2O3S2. The van der Waals surface area contributed by atoms with Crippen LogP contribution in [0.15, 0.2) is 23.6 Å². The number of benzene rings is 1. The van der Waals surface area contributed by atoms with Gasteiger partial charge in [0.2, 0.25) is 5.91 Å². The van der Waals surface area contributed by atoms with E-state index in [0.717, 1.165) is 11.3 Å². The molecule has 1 aliphatic heterocycles. The molecule has 5 nitrogen and oxygen atoms in total. The molecule has 0 aliphatic carbocycles. The first-order valence-electron chi connectivity index (χ1n) is 9.27. The Morgan fingerprint density at radius 1 is 1.22 bits per heavy atom. The van der Waals surface area contributed by atoms with E-state index in [-0.39, 0.29) is 17.4 Å². The monoisotopic (exact) mass is 406 g/mol. The molecule has 3 rings (SSSR count). The predicted octanol–water partition coefficient (Wildman–Crippen LogP) is 4.43. The number of thiazole rings is 1. The quantitative estimate of drug-likeness (QED) is 0.797. The van der Waals surface area contributed by atoms with Gasteiger partial charge in [-0.05, 0) is 29.4 Å². The van der Waals surface area contributed by atoms with Gasteiger partial charge in [0.25, 0.3) is 0 Å². The van der Waals surface area contributed by atoms with Crippen LogP contribution in [0.3, 0.4) is 0 Å². The summed E-state index contributed by atoms with van der Waals surface area (Å²) < 4.78 is 23.1. The van der Waals surface area contributed by atoms with Crippen LogP contribution in [0.25, 0.3) is 11.3 Å². The van der Waals surface area contributed by atoms with Gasteiger partial charge in [-0.25, -0.2) is 13.4 Å². The molecule has 27 heavy (non-hydrogen) atoms. The van der Waals surface area contributed by atoms with Crippen molar-refractivity contribution in [3.05, 3.63) is 34.7 Å². The number of sulfone groups is 1. The average molecular weight is 407 g/mol. The molecule has 0 saturated carbocycles. The Kier molecular flexibility index (Phi) is 5.72. The number of aromatic nitrogens is 1. The summed E-state index contributed by atoms with van der Waals surface area (Å²) in [5.74, 6) is 0.126. The molecule has 2 aromatic rings. The summed E-state index contributed by atoms with van der Waals surface area (Å²) in [6.07, 6.45) is 0.389. The third-order valence-corrected chi connectivity index (χ3v) is 7.50. The van der Waals surface area contributed by atoms with Crippen molar-refractivity contribution in [2.75, 3.05) is 16.8 Å². The predicted molar refractivity (Wildman–Crippen MR) is 111 cm³/mol. The number of amides is 1. The highest BCUT2D eigenvalue weighted by atomic mass is 32.2. The molecular weight excluding hydrogens is 380 g/mol. The van der Waals surface area contributed by atoms with Crippen LogP contribution in [0, 0.1) is 5.92 Å². The van der Waals surface area contributed by atoms with Crippen LogP contribution in [-0.2, 0) is 14.6 Å². The second-order valence-electron chi connectivity index (χ2n) is 7.78. The maximum Gasteiger partial charge on any atom is 0.230 e. The van der Waals surface area contributed by atoms with Crippen LogP contribution in [0.4, 0.5) is 5.13 Å². The summed E-state index contributed by atoms with van der Waals surface area (Å²) in [4.78, 5) is 16.9. The van der Waals surface area contributed by atoms with Gasteiger partial charge in [-0.1, -0.05) is 45.9 Å². The molecule has 146 valence electrons. The Morgan fingerprint density at radius 2 is 1.96 bits per heavy atom. The van der Waals surface area contributed by atoms with Crippen LogP contribution < -0.4 is 5.32 Å². The number of nitrogens with one attached hydrogen (secondary N) is 1. The molecule has 1 aromatic carbocycles. The number of carbonyl (C=O) groups excluding carboxylic acids is 1. The molecule has 1 N–H and O–H groups in total. The minimum absolute atomic E-state index is 0.0643. The van der Waals surface area contributed by atoms with Crippen molar-refractivity contribution in [3.63, 3.8) is 0 Å². The summed E-state index contributed by atoms with van der Waals surface area (Å²) in [5.41, 5.74) is 4.46. The van der Waals surface area contributed by atoms with Crippen molar-refractivity contribution in [1.82, 2.24) is 4.98 Å². The molecule has 1 aromatic heterocycles. The van der Waals surface area contributed by atoms with E-state index in [0.29, 0.717) is 23.4 Å². The second kappa shape index (κ2) is 7.72. The zero-order valence-corrected chi connectivity index (χ0v) is 17.8. The van der Waals surface area contributed by atoms with E-state index in [4.69, 9.17) is 0 Å². The normalized spacial score (nSPS) is 19.0. The van der Waals surface area contributed by atoms with Crippen molar-refractivity contribution in [3.8, 4) is 11.3 Å². The molecule has 1 fully saturated rings. The van der Waals surface area contributed by atoms with E-state index >= 15 is 0 Å². The van der Waals surface area contributed by atoms with Gasteiger partial charge in [-0.15, -0.1) is 11.3 Å². The lowest BCUT2D eigenvalue weighted by atomic mass is 9.90. The molecule has 0 spiro atoms. The number of rotatable bonds is 5. The number of nitrogens with zero attached hydrogens (tertiary/aromatic N) is 1. The number of carbonyl (C=O) groups is 1. The molecule has 0 unspecified atom stereocenters. The van der Waals surface area contributed by atoms with Gasteiger partial charge in [0.1, 0.15) is 0 Å². The van der Waals surface area contributed by atoms with Crippen molar-refractivity contribution in [2.24, 2.45) is 5.92 Å². The standard InChI is InChI=1S/C20H26N2O3S2/c1-12(2)14-5-6-16(17(9-14)13(3)4)18-10-26-20(21-18)22-19(23)15-7-8-27(24,25)11-15/h5-6,9-10,12-13,15H,7-8,11H2,1-4H3,(H,21,22,23)/t15-/m0/s1. The number of anilines is 1. The highest BCUT2D eigenvalue weighted by molar-refractivity contribution is 7.91. The average Bonchev–Trinajstić information content (AvgIpc) is 3.20. The Balaban J connectivity index is 1.81. The lowest BCUT2D eigenvalue weighted by molar-refractivity contribution is -0.119. The summed E-state index contributed by atoms with van der Waals surface area (Å²) in [6, 6.07) is 6.48. The van der Waals surface area contributed by atoms with Gasteiger partial charge >= 0.3 is 0 Å². The van der Waals surface area contributed by atoms with Gasteiger partial charge in [0, 0.05) is 10.9 Å². The largest absolute Gasteiger partial charge is 0.302 e. The van der Waals surface area contributed by atoms with E-state index in [1.54, 1.807) is 0 Å². The first kappa shape index (κ1) is 20.0. The molecule has 1 saturated heterocycles. The van der Waals surface area contributed by atoms with Gasteiger partial charge < -0.3 is 5.32 Å². The lowest BCUT2D eigenvalue weighted by Crippen LogP contribution is -2.23. The Labute approximate surface area is 165 Å². The fourth-order valence-electron chi connectivity index (χ4n) is 3.32. The molecule has 1 amide bonds. The maximum absolute atomic E-state index is 12.3. The van der Waals surface area contributed by atoms with E-state index < -0.39 is 15.8 Å². The minimum atomic E-state index is -3.07. The molecule has 2 heterocycles. The van der Waals surface area contributed by atoms with Gasteiger partial charge in [0.15, 0.2) is 15.0 Å². The van der Waals surface area contributed by atoms with E-state index in [1.165, 1.54) is 22.5 Å². The van der Waals surface area contributed by atoms with E-state index in [9.17, 15) is 13.2 Å². The molecule has 1 atom stereocenters. The first-order valence-corrected chi connectivity index (χ1v) is 12.0. The number of hydrogen-bond acceptors (Lipinski definition) is 5. The Bertz CT molecular complexity index is 946. The SMILES string of the molecule is CC(C)c1ccc(-c2csc(NC(=O)[C@H]3CCS(=O)(=O)C3)n2)c(C(C)C)c1. The fourth-order valence-corrected chi connectivity index (χ4v) is 5.77. The van der Waals surface area contributed by atoms with Gasteiger partial charge in [0.05, 0.1) is 23.1 Å². The topological polar surface area (TPSA) is 76.1 Å². The second-order valence-corrected chi connectivity index (χ2v) is 10.9. The van der Waals surface area contributed by atoms with Crippen molar-refractivity contribution < 1.29 is 13.2 Å². The first-order chi connectivity index (χ1) is 12.7. The highest BCUT2D eigenvalue weighted by Gasteiger charge is 2.33. The third-order valence-electron chi connectivity index (χ3n) is 4.98. The zero-order chi connectivity index (χ0) is 19.8. The fraction of sp³-hybridized carbons (Fsp3) is 0.500. The summed E-state index contributed by atoms with van der Waals surface area (Å²) in [7, 11) is -3.07. The number of hydrogen-bond donors (Lipinski definition) is 1. The molecule has 1 aliphatic rings. The maximum atomic E-state index is 12.3. The third kappa shape index (κ3) is 4.58. The van der Waals surface area contributed by atoms with Crippen LogP contribution in [0.1, 0.15) is 57.1 Å². The minimum Gasteiger partial charge on any atom is -0.302 e. The molecule has 0 bridgehead atoms. The van der Waals surface area contributed by atoms with Gasteiger partial charge in [-0.3, -0.25) is 4.79 Å². The van der Waals surface area contributed by atoms with Crippen LogP contribution >= 0.6 is 11.3 Å². The molecule has 0 radical (unpaired) electrons. The summed E-state index contributed by atoms with van der Waals surface area (Å²) in [5, 5.41) is 5.25. The van der Waals surface area contributed by atoms with Crippen molar-refractivity contribution in [2.45, 2.75) is 46.0 Å². The zero-order valence-electron chi connectivity index (χ0n) is 16.2. The van der Waals surface area contributed by atoms with Crippen LogP contribution in [0.5, 0.6) is 0 Å². The van der Waals surface area contributed by atoms with Crippen LogP contribution in [-0.4, -0.2) is 30.8 Å². The highest BCUT2D eigenvalue weighted by Crippen LogP contribution is 2.34. The van der Waals surface area contributed by atoms with Crippen molar-refractivity contribution in [1.29, 1.82) is 0 Å². The van der Waals surface area contributed by atoms with E-state index in [2.05, 4.69) is 56.2 Å². The molecule has 7 heteroatoms. The Morgan fingerprint density at radius 3 is 2.56 bits per heavy atom. The smallest absolute Gasteiger partial charge is 0.230 e. The van der Waals surface area contributed by atoms with Gasteiger partial charge in [-0.2, -0.15) is 0 Å². The van der Waals surface area contributed by atoms with Crippen molar-refractivity contribution >= 4 is 32.2 Å². The summed E-state index contributed by atoms with van der Waals surface area (Å²) >= 11 is 1.37. The van der Waals surface area contributed by atoms with Crippen LogP contribution in [0.2, 0.25) is 0 Å². The summed E-state index contributed by atoms with van der Waals surface area (Å²) in [6.45, 7) is 8.69. The lowest BCUT2D eigenvalue weighted by Gasteiger charge is -2.15.